The normalized spacial score (nSPS) is 10.8. The lowest BCUT2D eigenvalue weighted by molar-refractivity contribution is -0.115. The Morgan fingerprint density at radius 3 is 2.66 bits per heavy atom. The van der Waals surface area contributed by atoms with E-state index in [1.54, 1.807) is 18.2 Å². The minimum atomic E-state index is -0.153. The maximum Gasteiger partial charge on any atom is 0.251 e. The van der Waals surface area contributed by atoms with Crippen LogP contribution >= 0.6 is 11.3 Å². The lowest BCUT2D eigenvalue weighted by Crippen LogP contribution is -2.27. The van der Waals surface area contributed by atoms with Gasteiger partial charge in [-0.15, -0.1) is 11.3 Å². The van der Waals surface area contributed by atoms with E-state index in [-0.39, 0.29) is 18.2 Å². The third-order valence-electron chi connectivity index (χ3n) is 4.74. The summed E-state index contributed by atoms with van der Waals surface area (Å²) < 4.78 is 5.69. The van der Waals surface area contributed by atoms with Gasteiger partial charge in [0.05, 0.1) is 24.3 Å². The fourth-order valence-corrected chi connectivity index (χ4v) is 3.99. The van der Waals surface area contributed by atoms with Gasteiger partial charge in [-0.05, 0) is 55.7 Å². The number of hydrogen-bond donors (Lipinski definition) is 2. The molecule has 0 saturated heterocycles. The number of aromatic nitrogens is 1. The fourth-order valence-electron chi connectivity index (χ4n) is 3.14. The maximum atomic E-state index is 12.6. The molecular formula is C25H29N3O3S. The summed E-state index contributed by atoms with van der Waals surface area (Å²) in [5.74, 6) is 0.910. The van der Waals surface area contributed by atoms with E-state index in [2.05, 4.69) is 15.6 Å². The first kappa shape index (κ1) is 23.5. The number of thiazole rings is 1. The van der Waals surface area contributed by atoms with Crippen LogP contribution in [0.4, 0.5) is 5.69 Å². The summed E-state index contributed by atoms with van der Waals surface area (Å²) in [5, 5.41) is 8.55. The Balaban J connectivity index is 1.64. The predicted octanol–water partition coefficient (Wildman–Crippen LogP) is 5.08. The van der Waals surface area contributed by atoms with Crippen molar-refractivity contribution in [3.63, 3.8) is 0 Å². The molecule has 7 heteroatoms. The Morgan fingerprint density at radius 2 is 1.94 bits per heavy atom. The van der Waals surface area contributed by atoms with Gasteiger partial charge in [-0.25, -0.2) is 4.98 Å². The highest BCUT2D eigenvalue weighted by Gasteiger charge is 2.14. The molecule has 0 bridgehead atoms. The second-order valence-corrected chi connectivity index (χ2v) is 8.79. The Morgan fingerprint density at radius 1 is 1.16 bits per heavy atom. The van der Waals surface area contributed by atoms with Crippen LogP contribution in [0.25, 0.3) is 10.6 Å². The average molecular weight is 452 g/mol. The fraction of sp³-hybridized carbons (Fsp3) is 0.320. The third-order valence-corrected chi connectivity index (χ3v) is 5.67. The van der Waals surface area contributed by atoms with Gasteiger partial charge < -0.3 is 15.4 Å². The molecule has 0 spiro atoms. The summed E-state index contributed by atoms with van der Waals surface area (Å²) in [6, 6.07) is 13.0. The number of rotatable bonds is 9. The van der Waals surface area contributed by atoms with Crippen LogP contribution in [0.1, 0.15) is 42.4 Å². The lowest BCUT2D eigenvalue weighted by Gasteiger charge is -2.11. The van der Waals surface area contributed by atoms with E-state index in [1.165, 1.54) is 11.3 Å². The van der Waals surface area contributed by atoms with Gasteiger partial charge in [-0.3, -0.25) is 9.59 Å². The largest absolute Gasteiger partial charge is 0.493 e. The van der Waals surface area contributed by atoms with Gasteiger partial charge in [0.1, 0.15) is 10.8 Å². The quantitative estimate of drug-likeness (QED) is 0.475. The Bertz CT molecular complexity index is 1090. The summed E-state index contributed by atoms with van der Waals surface area (Å²) in [5.41, 5.74) is 3.73. The van der Waals surface area contributed by atoms with Gasteiger partial charge in [0.2, 0.25) is 5.91 Å². The molecule has 2 amide bonds. The summed E-state index contributed by atoms with van der Waals surface area (Å²) in [6.07, 6.45) is 0.170. The van der Waals surface area contributed by atoms with Crippen molar-refractivity contribution in [2.45, 2.75) is 34.1 Å². The summed E-state index contributed by atoms with van der Waals surface area (Å²) in [4.78, 5) is 29.5. The van der Waals surface area contributed by atoms with E-state index in [4.69, 9.17) is 4.74 Å². The van der Waals surface area contributed by atoms with Crippen LogP contribution in [0.3, 0.4) is 0 Å². The topological polar surface area (TPSA) is 80.3 Å². The zero-order chi connectivity index (χ0) is 23.1. The van der Waals surface area contributed by atoms with E-state index >= 15 is 0 Å². The molecule has 0 radical (unpaired) electrons. The van der Waals surface area contributed by atoms with Crippen molar-refractivity contribution in [3.05, 3.63) is 64.7 Å². The van der Waals surface area contributed by atoms with E-state index in [1.807, 2.05) is 57.3 Å². The van der Waals surface area contributed by atoms with Gasteiger partial charge in [-0.1, -0.05) is 26.0 Å². The van der Waals surface area contributed by atoms with Crippen molar-refractivity contribution in [2.75, 3.05) is 18.5 Å². The van der Waals surface area contributed by atoms with Crippen LogP contribution in [0.15, 0.2) is 47.8 Å². The molecule has 0 aliphatic carbocycles. The molecular weight excluding hydrogens is 422 g/mol. The van der Waals surface area contributed by atoms with Crippen molar-refractivity contribution in [2.24, 2.45) is 5.92 Å². The van der Waals surface area contributed by atoms with Crippen molar-refractivity contribution < 1.29 is 14.3 Å². The molecule has 3 aromatic rings. The monoisotopic (exact) mass is 451 g/mol. The summed E-state index contributed by atoms with van der Waals surface area (Å²) in [6.45, 7) is 9.12. The molecule has 1 heterocycles. The number of ether oxygens (including phenoxy) is 1. The first-order valence-electron chi connectivity index (χ1n) is 10.7. The van der Waals surface area contributed by atoms with Gasteiger partial charge in [0, 0.05) is 23.2 Å². The number of aryl methyl sites for hydroxylation is 1. The molecule has 0 aliphatic heterocycles. The smallest absolute Gasteiger partial charge is 0.251 e. The number of carbonyl (C=O) groups excluding carboxylic acids is 2. The zero-order valence-electron chi connectivity index (χ0n) is 18.9. The third kappa shape index (κ3) is 6.17. The number of nitrogens with one attached hydrogen (secondary N) is 2. The highest BCUT2D eigenvalue weighted by atomic mass is 32.1. The number of hydrogen-bond acceptors (Lipinski definition) is 5. The van der Waals surface area contributed by atoms with Crippen LogP contribution in [-0.4, -0.2) is 29.9 Å². The van der Waals surface area contributed by atoms with Gasteiger partial charge in [0.25, 0.3) is 5.91 Å². The van der Waals surface area contributed by atoms with Gasteiger partial charge >= 0.3 is 0 Å². The van der Waals surface area contributed by atoms with Crippen LogP contribution in [0.5, 0.6) is 5.75 Å². The summed E-state index contributed by atoms with van der Waals surface area (Å²) in [7, 11) is 0. The Labute approximate surface area is 193 Å². The van der Waals surface area contributed by atoms with Crippen molar-refractivity contribution >= 4 is 28.8 Å². The lowest BCUT2D eigenvalue weighted by atomic mass is 10.1. The molecule has 0 unspecified atom stereocenters. The second kappa shape index (κ2) is 10.9. The minimum absolute atomic E-state index is 0.109. The molecule has 168 valence electrons. The van der Waals surface area contributed by atoms with Gasteiger partial charge in [-0.2, -0.15) is 0 Å². The molecule has 3 rings (SSSR count). The van der Waals surface area contributed by atoms with Crippen LogP contribution < -0.4 is 15.4 Å². The van der Waals surface area contributed by atoms with E-state index in [9.17, 15) is 9.59 Å². The van der Waals surface area contributed by atoms with E-state index in [0.717, 1.165) is 21.9 Å². The first-order valence-corrected chi connectivity index (χ1v) is 11.6. The number of amides is 2. The molecule has 2 aromatic carbocycles. The molecule has 1 aromatic heterocycles. The molecule has 0 saturated carbocycles. The number of benzene rings is 2. The van der Waals surface area contributed by atoms with Crippen LogP contribution in [-0.2, 0) is 11.2 Å². The number of nitrogens with zero attached hydrogens (tertiary/aromatic N) is 1. The maximum absolute atomic E-state index is 12.6. The van der Waals surface area contributed by atoms with Crippen molar-refractivity contribution in [3.8, 4) is 16.3 Å². The first-order chi connectivity index (χ1) is 15.4. The average Bonchev–Trinajstić information content (AvgIpc) is 3.22. The Hall–Kier alpha value is -3.19. The molecule has 32 heavy (non-hydrogen) atoms. The predicted molar refractivity (Wildman–Crippen MR) is 129 cm³/mol. The number of anilines is 1. The molecule has 0 aliphatic rings. The van der Waals surface area contributed by atoms with Crippen molar-refractivity contribution in [1.29, 1.82) is 0 Å². The highest BCUT2D eigenvalue weighted by molar-refractivity contribution is 7.13. The zero-order valence-corrected chi connectivity index (χ0v) is 19.7. The minimum Gasteiger partial charge on any atom is -0.493 e. The van der Waals surface area contributed by atoms with Gasteiger partial charge in [0.15, 0.2) is 0 Å². The van der Waals surface area contributed by atoms with E-state index in [0.29, 0.717) is 36.0 Å². The summed E-state index contributed by atoms with van der Waals surface area (Å²) >= 11 is 1.49. The molecule has 0 fully saturated rings. The SMILES string of the molecule is CCOc1ccccc1-c1nc(CC(=O)Nc2ccc(C(=O)NCC(C)C)cc2C)cs1. The molecule has 0 atom stereocenters. The molecule has 2 N–H and O–H groups in total. The molecule has 6 nitrogen and oxygen atoms in total. The second-order valence-electron chi connectivity index (χ2n) is 7.93. The number of carbonyl (C=O) groups is 2. The van der Waals surface area contributed by atoms with Crippen LogP contribution in [0.2, 0.25) is 0 Å². The number of para-hydroxylation sites is 1. The van der Waals surface area contributed by atoms with E-state index < -0.39 is 0 Å². The van der Waals surface area contributed by atoms with Crippen molar-refractivity contribution in [1.82, 2.24) is 10.3 Å². The highest BCUT2D eigenvalue weighted by Crippen LogP contribution is 2.32. The Kier molecular flexibility index (Phi) is 8.00. The van der Waals surface area contributed by atoms with Crippen LogP contribution in [0, 0.1) is 12.8 Å². The standard InChI is InChI=1S/C25H29N3O3S/c1-5-31-22-9-7-6-8-20(22)25-27-19(15-32-25)13-23(29)28-21-11-10-18(12-17(21)4)24(30)26-14-16(2)3/h6-12,15-16H,5,13-14H2,1-4H3,(H,26,30)(H,28,29).